The van der Waals surface area contributed by atoms with Crippen LogP contribution < -0.4 is 0 Å². The maximum Gasteiger partial charge on any atom is 0.187 e. The summed E-state index contributed by atoms with van der Waals surface area (Å²) in [4.78, 5) is 17.1. The Hall–Kier alpha value is -2.46. The largest absolute Gasteiger partial charge is 0.261 e. The highest BCUT2D eigenvalue weighted by molar-refractivity contribution is 7.11. The fourth-order valence-electron chi connectivity index (χ4n) is 3.26. The van der Waals surface area contributed by atoms with E-state index < -0.39 is 5.54 Å². The van der Waals surface area contributed by atoms with E-state index in [0.717, 1.165) is 26.7 Å². The molecule has 0 N–H and O–H groups in total. The molecule has 1 aliphatic rings. The summed E-state index contributed by atoms with van der Waals surface area (Å²) in [5.41, 5.74) is 2.32. The van der Waals surface area contributed by atoms with Gasteiger partial charge in [-0.25, -0.2) is 9.91 Å². The molecular formula is C21H19N3OS2. The fourth-order valence-corrected chi connectivity index (χ4v) is 5.18. The van der Waals surface area contributed by atoms with E-state index in [-0.39, 0.29) is 6.10 Å². The first-order valence-electron chi connectivity index (χ1n) is 8.58. The van der Waals surface area contributed by atoms with Gasteiger partial charge < -0.3 is 0 Å². The van der Waals surface area contributed by atoms with E-state index >= 15 is 0 Å². The highest BCUT2D eigenvalue weighted by Gasteiger charge is 2.44. The molecule has 0 aliphatic carbocycles. The van der Waals surface area contributed by atoms with Crippen LogP contribution in [0.3, 0.4) is 0 Å². The van der Waals surface area contributed by atoms with Crippen LogP contribution in [0, 0.1) is 6.57 Å². The predicted octanol–water partition coefficient (Wildman–Crippen LogP) is 6.28. The molecule has 3 heterocycles. The van der Waals surface area contributed by atoms with Crippen LogP contribution in [0.25, 0.3) is 16.0 Å². The molecule has 4 nitrogen and oxygen atoms in total. The van der Waals surface area contributed by atoms with Gasteiger partial charge in [0.2, 0.25) is 0 Å². The third-order valence-electron chi connectivity index (χ3n) is 4.83. The quantitative estimate of drug-likeness (QED) is 0.490. The maximum absolute atomic E-state index is 7.24. The van der Waals surface area contributed by atoms with Crippen molar-refractivity contribution in [2.75, 3.05) is 7.05 Å². The van der Waals surface area contributed by atoms with Gasteiger partial charge >= 0.3 is 0 Å². The molecule has 1 aromatic carbocycles. The van der Waals surface area contributed by atoms with Crippen LogP contribution in [0.1, 0.15) is 29.7 Å². The number of aliphatic imine (C=N–C) groups is 1. The van der Waals surface area contributed by atoms with Crippen molar-refractivity contribution in [3.8, 4) is 11.1 Å². The minimum atomic E-state index is -0.498. The topological polar surface area (TPSA) is 29.2 Å². The molecule has 136 valence electrons. The lowest BCUT2D eigenvalue weighted by Crippen LogP contribution is -2.42. The van der Waals surface area contributed by atoms with Gasteiger partial charge in [0, 0.05) is 16.8 Å². The fraction of sp³-hybridized carbons (Fsp3) is 0.238. The van der Waals surface area contributed by atoms with Crippen molar-refractivity contribution < 1.29 is 4.84 Å². The highest BCUT2D eigenvalue weighted by Crippen LogP contribution is 2.48. The molecule has 2 aromatic heterocycles. The SMILES string of the molecule is [C-]#[N+]c1cccc(-c2csc([C@@]3(C)N=C(C)N(C)OC3c3cccs3)c2)c1. The molecule has 0 fully saturated rings. The molecular weight excluding hydrogens is 374 g/mol. The van der Waals surface area contributed by atoms with Crippen LogP contribution in [0.4, 0.5) is 5.69 Å². The van der Waals surface area contributed by atoms with Crippen molar-refractivity contribution in [2.45, 2.75) is 25.5 Å². The van der Waals surface area contributed by atoms with Crippen molar-refractivity contribution in [3.63, 3.8) is 0 Å². The zero-order chi connectivity index (χ0) is 19.0. The Morgan fingerprint density at radius 3 is 2.78 bits per heavy atom. The minimum absolute atomic E-state index is 0.174. The number of nitrogens with zero attached hydrogens (tertiary/aromatic N) is 3. The Morgan fingerprint density at radius 2 is 2.04 bits per heavy atom. The molecule has 1 aliphatic heterocycles. The summed E-state index contributed by atoms with van der Waals surface area (Å²) in [5, 5.41) is 5.96. The Labute approximate surface area is 167 Å². The van der Waals surface area contributed by atoms with Crippen molar-refractivity contribution >= 4 is 34.2 Å². The van der Waals surface area contributed by atoms with E-state index in [9.17, 15) is 0 Å². The maximum atomic E-state index is 7.24. The average Bonchev–Trinajstić information content (AvgIpc) is 3.37. The van der Waals surface area contributed by atoms with Gasteiger partial charge in [-0.2, -0.15) is 0 Å². The number of amidine groups is 1. The summed E-state index contributed by atoms with van der Waals surface area (Å²) in [5.74, 6) is 0.857. The summed E-state index contributed by atoms with van der Waals surface area (Å²) in [7, 11) is 1.90. The second-order valence-corrected chi connectivity index (χ2v) is 8.56. The molecule has 4 rings (SSSR count). The number of hydrogen-bond acceptors (Lipinski definition) is 5. The van der Waals surface area contributed by atoms with Gasteiger partial charge in [-0.15, -0.1) is 22.7 Å². The summed E-state index contributed by atoms with van der Waals surface area (Å²) < 4.78 is 0. The monoisotopic (exact) mass is 393 g/mol. The standard InChI is InChI=1S/C21H19N3OS2/c1-14-23-21(2,20(25-24(14)4)18-9-6-10-26-18)19-12-16(13-27-19)15-7-5-8-17(11-15)22-3/h5-13,20H,1-2,4H3/t20?,21-/m1/s1. The molecule has 6 heteroatoms. The van der Waals surface area contributed by atoms with Crippen molar-refractivity contribution in [1.82, 2.24) is 5.06 Å². The molecule has 0 amide bonds. The average molecular weight is 394 g/mol. The van der Waals surface area contributed by atoms with Crippen LogP contribution in [0.15, 0.2) is 58.2 Å². The minimum Gasteiger partial charge on any atom is -0.261 e. The van der Waals surface area contributed by atoms with Crippen LogP contribution in [-0.4, -0.2) is 17.9 Å². The van der Waals surface area contributed by atoms with E-state index in [1.54, 1.807) is 27.7 Å². The van der Waals surface area contributed by atoms with Crippen molar-refractivity contribution in [1.29, 1.82) is 0 Å². The summed E-state index contributed by atoms with van der Waals surface area (Å²) in [6.07, 6.45) is -0.174. The van der Waals surface area contributed by atoms with Gasteiger partial charge in [0.1, 0.15) is 17.5 Å². The first-order valence-corrected chi connectivity index (χ1v) is 10.3. The number of benzene rings is 1. The second-order valence-electron chi connectivity index (χ2n) is 6.67. The normalized spacial score (nSPS) is 22.4. The number of rotatable bonds is 3. The number of hydrogen-bond donors (Lipinski definition) is 0. The third kappa shape index (κ3) is 3.19. The second kappa shape index (κ2) is 6.93. The molecule has 0 spiro atoms. The van der Waals surface area contributed by atoms with Crippen LogP contribution in [0.2, 0.25) is 0 Å². The predicted molar refractivity (Wildman–Crippen MR) is 112 cm³/mol. The van der Waals surface area contributed by atoms with E-state index in [1.165, 1.54) is 0 Å². The molecule has 0 saturated heterocycles. The van der Waals surface area contributed by atoms with Crippen molar-refractivity contribution in [3.05, 3.63) is 74.4 Å². The van der Waals surface area contributed by atoms with Crippen LogP contribution in [-0.2, 0) is 10.4 Å². The molecule has 0 saturated carbocycles. The van der Waals surface area contributed by atoms with Crippen LogP contribution in [0.5, 0.6) is 0 Å². The van der Waals surface area contributed by atoms with E-state index in [2.05, 4.69) is 34.7 Å². The molecule has 1 unspecified atom stereocenters. The molecule has 27 heavy (non-hydrogen) atoms. The van der Waals surface area contributed by atoms with Gasteiger partial charge in [0.05, 0.1) is 6.57 Å². The van der Waals surface area contributed by atoms with Crippen LogP contribution >= 0.6 is 22.7 Å². The lowest BCUT2D eigenvalue weighted by atomic mass is 9.90. The Balaban J connectivity index is 1.78. The zero-order valence-electron chi connectivity index (χ0n) is 15.3. The van der Waals surface area contributed by atoms with E-state index in [4.69, 9.17) is 16.4 Å². The molecule has 0 radical (unpaired) electrons. The summed E-state index contributed by atoms with van der Waals surface area (Å²) >= 11 is 3.38. The molecule has 0 bridgehead atoms. The van der Waals surface area contributed by atoms with Gasteiger partial charge in [-0.1, -0.05) is 24.3 Å². The first kappa shape index (κ1) is 17.9. The highest BCUT2D eigenvalue weighted by atomic mass is 32.1. The van der Waals surface area contributed by atoms with Crippen molar-refractivity contribution in [2.24, 2.45) is 4.99 Å². The third-order valence-corrected chi connectivity index (χ3v) is 6.90. The first-order chi connectivity index (χ1) is 13.0. The summed E-state index contributed by atoms with van der Waals surface area (Å²) in [6, 6.07) is 14.1. The molecule has 3 aromatic rings. The number of thiophene rings is 2. The lowest BCUT2D eigenvalue weighted by molar-refractivity contribution is -0.169. The lowest BCUT2D eigenvalue weighted by Gasteiger charge is -2.40. The zero-order valence-corrected chi connectivity index (χ0v) is 17.0. The van der Waals surface area contributed by atoms with Gasteiger partial charge in [-0.3, -0.25) is 9.83 Å². The summed E-state index contributed by atoms with van der Waals surface area (Å²) in [6.45, 7) is 11.3. The Morgan fingerprint density at radius 1 is 1.19 bits per heavy atom. The number of hydroxylamine groups is 2. The van der Waals surface area contributed by atoms with Gasteiger partial charge in [-0.05, 0) is 53.9 Å². The smallest absolute Gasteiger partial charge is 0.187 e. The van der Waals surface area contributed by atoms with Gasteiger partial charge in [0.25, 0.3) is 0 Å². The Bertz CT molecular complexity index is 1030. The molecule has 2 atom stereocenters. The van der Waals surface area contributed by atoms with E-state index in [0.29, 0.717) is 5.69 Å². The van der Waals surface area contributed by atoms with E-state index in [1.807, 2.05) is 44.3 Å². The Kier molecular flexibility index (Phi) is 4.60. The van der Waals surface area contributed by atoms with Gasteiger partial charge in [0.15, 0.2) is 5.69 Å².